The molecule has 3 aromatic rings. The maximum atomic E-state index is 12.8. The Bertz CT molecular complexity index is 1240. The summed E-state index contributed by atoms with van der Waals surface area (Å²) in [6, 6.07) is 14.0. The van der Waals surface area contributed by atoms with Crippen LogP contribution in [0.25, 0.3) is 0 Å². The topological polar surface area (TPSA) is 93.5 Å². The molecule has 1 atom stereocenters. The zero-order valence-corrected chi connectivity index (χ0v) is 19.2. The Labute approximate surface area is 191 Å². The Kier molecular flexibility index (Phi) is 6.23. The van der Waals surface area contributed by atoms with Crippen LogP contribution in [-0.2, 0) is 39.4 Å². The van der Waals surface area contributed by atoms with Gasteiger partial charge in [0.05, 0.1) is 0 Å². The summed E-state index contributed by atoms with van der Waals surface area (Å²) in [5.41, 5.74) is 3.11. The molecule has 2 aromatic carbocycles. The highest BCUT2D eigenvalue weighted by atomic mass is 35.5. The monoisotopic (exact) mass is 474 g/mol. The Balaban J connectivity index is 1.61. The zero-order chi connectivity index (χ0) is 22.9. The number of carbonyl (C=O) groups is 1. The van der Waals surface area contributed by atoms with Gasteiger partial charge in [-0.15, -0.1) is 0 Å². The van der Waals surface area contributed by atoms with Crippen molar-refractivity contribution in [3.63, 3.8) is 0 Å². The average Bonchev–Trinajstić information content (AvgIpc) is 3.33. The molecular weight excluding hydrogens is 452 g/mol. The van der Waals surface area contributed by atoms with Gasteiger partial charge in [0.15, 0.2) is 5.03 Å². The number of fused-ring (bicyclic) bond motifs is 1. The number of anilines is 2. The zero-order valence-electron chi connectivity index (χ0n) is 17.7. The van der Waals surface area contributed by atoms with Crippen molar-refractivity contribution in [2.45, 2.75) is 23.9 Å². The van der Waals surface area contributed by atoms with Gasteiger partial charge in [0.2, 0.25) is 0 Å². The summed E-state index contributed by atoms with van der Waals surface area (Å²) in [7, 11) is -0.671. The highest BCUT2D eigenvalue weighted by molar-refractivity contribution is 7.92. The molecule has 8 nitrogen and oxygen atoms in total. The summed E-state index contributed by atoms with van der Waals surface area (Å²) in [5, 5.41) is 4.56. The number of carbonyl (C=O) groups excluding carboxylic acids is 1. The van der Waals surface area contributed by atoms with Gasteiger partial charge >= 0.3 is 0 Å². The summed E-state index contributed by atoms with van der Waals surface area (Å²) < 4.78 is 34.3. The lowest BCUT2D eigenvalue weighted by Gasteiger charge is -2.25. The van der Waals surface area contributed by atoms with Gasteiger partial charge in [-0.2, -0.15) is 13.5 Å². The summed E-state index contributed by atoms with van der Waals surface area (Å²) >= 11 is 5.99. The van der Waals surface area contributed by atoms with Crippen molar-refractivity contribution in [1.82, 2.24) is 9.78 Å². The largest absolute Gasteiger partial charge is 0.375 e. The second-order valence-corrected chi connectivity index (χ2v) is 9.73. The van der Waals surface area contributed by atoms with E-state index < -0.39 is 10.0 Å². The second-order valence-electron chi connectivity index (χ2n) is 7.66. The molecule has 32 heavy (non-hydrogen) atoms. The molecule has 1 unspecified atom stereocenters. The van der Waals surface area contributed by atoms with Crippen molar-refractivity contribution in [2.24, 2.45) is 7.05 Å². The van der Waals surface area contributed by atoms with Crippen LogP contribution in [0.3, 0.4) is 0 Å². The van der Waals surface area contributed by atoms with Gasteiger partial charge in [-0.05, 0) is 60.4 Å². The number of hydrogen-bond acceptors (Lipinski definition) is 5. The lowest BCUT2D eigenvalue weighted by Crippen LogP contribution is -2.41. The minimum Gasteiger partial charge on any atom is -0.375 e. The molecule has 0 saturated heterocycles. The molecule has 1 aromatic heterocycles. The van der Waals surface area contributed by atoms with Crippen LogP contribution in [0.15, 0.2) is 59.8 Å². The van der Waals surface area contributed by atoms with Crippen molar-refractivity contribution in [2.75, 3.05) is 23.3 Å². The normalized spacial score (nSPS) is 15.6. The minimum absolute atomic E-state index is 0.0371. The number of sulfonamides is 1. The molecule has 0 spiro atoms. The fourth-order valence-electron chi connectivity index (χ4n) is 3.92. The van der Waals surface area contributed by atoms with Gasteiger partial charge in [-0.25, -0.2) is 0 Å². The van der Waals surface area contributed by atoms with Crippen molar-refractivity contribution < 1.29 is 17.9 Å². The molecule has 0 saturated carbocycles. The number of aryl methyl sites for hydroxylation is 1. The molecule has 10 heteroatoms. The summed E-state index contributed by atoms with van der Waals surface area (Å²) in [4.78, 5) is 14.6. The first-order valence-electron chi connectivity index (χ1n) is 9.97. The second kappa shape index (κ2) is 8.93. The third-order valence-electron chi connectivity index (χ3n) is 5.30. The molecular formula is C22H23ClN4O4S. The van der Waals surface area contributed by atoms with Crippen LogP contribution in [0, 0.1) is 0 Å². The quantitative estimate of drug-likeness (QED) is 0.568. The number of nitrogens with one attached hydrogen (secondary N) is 1. The fourth-order valence-corrected chi connectivity index (χ4v) is 5.06. The molecule has 1 N–H and O–H groups in total. The molecule has 4 rings (SSSR count). The average molecular weight is 475 g/mol. The number of methoxy groups -OCH3 is 1. The summed E-state index contributed by atoms with van der Waals surface area (Å²) in [6.07, 6.45) is 2.79. The number of benzene rings is 2. The van der Waals surface area contributed by atoms with Crippen LogP contribution >= 0.6 is 11.6 Å². The van der Waals surface area contributed by atoms with Crippen LogP contribution in [0.2, 0.25) is 5.02 Å². The van der Waals surface area contributed by atoms with E-state index >= 15 is 0 Å². The Morgan fingerprint density at radius 2 is 1.97 bits per heavy atom. The van der Waals surface area contributed by atoms with E-state index in [4.69, 9.17) is 16.3 Å². The standard InChI is InChI=1S/C22H23ClN4O4S/c1-26-10-9-21(24-26)32(29,30)25-18-7-8-20-16(12-18)13-19(27(20)22(28)14-31-2)11-15-3-5-17(23)6-4-15/h3-10,12,19,25H,11,13-14H2,1-2H3. The van der Waals surface area contributed by atoms with Crippen molar-refractivity contribution in [1.29, 1.82) is 0 Å². The first kappa shape index (κ1) is 22.3. The number of nitrogens with zero attached hydrogens (tertiary/aromatic N) is 3. The highest BCUT2D eigenvalue weighted by Gasteiger charge is 2.34. The highest BCUT2D eigenvalue weighted by Crippen LogP contribution is 2.36. The maximum Gasteiger partial charge on any atom is 0.281 e. The third-order valence-corrected chi connectivity index (χ3v) is 6.82. The van der Waals surface area contributed by atoms with E-state index in [9.17, 15) is 13.2 Å². The van der Waals surface area contributed by atoms with Crippen LogP contribution < -0.4 is 9.62 Å². The van der Waals surface area contributed by atoms with E-state index in [1.165, 1.54) is 17.9 Å². The molecule has 1 aliphatic heterocycles. The van der Waals surface area contributed by atoms with Gasteiger partial charge in [0, 0.05) is 42.8 Å². The number of aromatic nitrogens is 2. The Morgan fingerprint density at radius 3 is 2.62 bits per heavy atom. The maximum absolute atomic E-state index is 12.8. The van der Waals surface area contributed by atoms with E-state index in [0.29, 0.717) is 23.6 Å². The fraction of sp³-hybridized carbons (Fsp3) is 0.273. The van der Waals surface area contributed by atoms with E-state index in [-0.39, 0.29) is 23.6 Å². The van der Waals surface area contributed by atoms with E-state index in [0.717, 1.165) is 16.8 Å². The van der Waals surface area contributed by atoms with Gasteiger partial charge in [0.1, 0.15) is 6.61 Å². The van der Waals surface area contributed by atoms with Crippen LogP contribution in [0.5, 0.6) is 0 Å². The smallest absolute Gasteiger partial charge is 0.281 e. The first-order chi connectivity index (χ1) is 15.3. The summed E-state index contributed by atoms with van der Waals surface area (Å²) in [5.74, 6) is -0.146. The lowest BCUT2D eigenvalue weighted by atomic mass is 10.0. The van der Waals surface area contributed by atoms with Gasteiger partial charge in [-0.1, -0.05) is 23.7 Å². The number of halogens is 1. The SMILES string of the molecule is COCC(=O)N1c2ccc(NS(=O)(=O)c3ccn(C)n3)cc2CC1Cc1ccc(Cl)cc1. The van der Waals surface area contributed by atoms with Crippen molar-refractivity contribution in [3.8, 4) is 0 Å². The van der Waals surface area contributed by atoms with Crippen LogP contribution in [-0.4, -0.2) is 43.9 Å². The first-order valence-corrected chi connectivity index (χ1v) is 11.8. The number of rotatable bonds is 7. The molecule has 0 fully saturated rings. The van der Waals surface area contributed by atoms with Gasteiger partial charge in [-0.3, -0.25) is 14.2 Å². The van der Waals surface area contributed by atoms with Gasteiger partial charge in [0.25, 0.3) is 15.9 Å². The molecule has 0 bridgehead atoms. The third kappa shape index (κ3) is 4.64. The minimum atomic E-state index is -3.81. The number of amides is 1. The molecule has 1 amide bonds. The molecule has 0 radical (unpaired) electrons. The lowest BCUT2D eigenvalue weighted by molar-refractivity contribution is -0.122. The molecule has 2 heterocycles. The van der Waals surface area contributed by atoms with Gasteiger partial charge < -0.3 is 9.64 Å². The molecule has 0 aliphatic carbocycles. The van der Waals surface area contributed by atoms with E-state index in [2.05, 4.69) is 9.82 Å². The molecule has 168 valence electrons. The van der Waals surface area contributed by atoms with Crippen molar-refractivity contribution in [3.05, 3.63) is 70.9 Å². The van der Waals surface area contributed by atoms with E-state index in [1.54, 1.807) is 36.3 Å². The predicted molar refractivity (Wildman–Crippen MR) is 122 cm³/mol. The number of hydrogen-bond donors (Lipinski definition) is 1. The Hall–Kier alpha value is -2.88. The van der Waals surface area contributed by atoms with Crippen molar-refractivity contribution >= 4 is 38.9 Å². The number of ether oxygens (including phenoxy) is 1. The Morgan fingerprint density at radius 1 is 1.22 bits per heavy atom. The van der Waals surface area contributed by atoms with E-state index in [1.807, 2.05) is 24.3 Å². The predicted octanol–water partition coefficient (Wildman–Crippen LogP) is 3.02. The molecule has 1 aliphatic rings. The van der Waals surface area contributed by atoms with Crippen LogP contribution in [0.1, 0.15) is 11.1 Å². The van der Waals surface area contributed by atoms with Crippen LogP contribution in [0.4, 0.5) is 11.4 Å². The summed E-state index contributed by atoms with van der Waals surface area (Å²) in [6.45, 7) is -0.0371.